The van der Waals surface area contributed by atoms with Gasteiger partial charge in [-0.3, -0.25) is 9.67 Å². The molecule has 1 atom stereocenters. The number of nitrogens with zero attached hydrogens (tertiary/aromatic N) is 3. The molecule has 2 aromatic rings. The number of hydrogen-bond donors (Lipinski definition) is 1. The molecule has 0 aliphatic carbocycles. The maximum absolute atomic E-state index is 4.32. The fourth-order valence-electron chi connectivity index (χ4n) is 1.93. The first-order valence-corrected chi connectivity index (χ1v) is 6.45. The lowest BCUT2D eigenvalue weighted by Gasteiger charge is -2.14. The zero-order valence-corrected chi connectivity index (χ0v) is 11.0. The van der Waals surface area contributed by atoms with Crippen molar-refractivity contribution in [3.05, 3.63) is 48.0 Å². The van der Waals surface area contributed by atoms with Gasteiger partial charge >= 0.3 is 0 Å². The van der Waals surface area contributed by atoms with E-state index in [-0.39, 0.29) is 0 Å². The van der Waals surface area contributed by atoms with Crippen LogP contribution in [0.3, 0.4) is 0 Å². The second-order valence-electron chi connectivity index (χ2n) is 4.43. The molecule has 0 unspecified atom stereocenters. The van der Waals surface area contributed by atoms with Crippen LogP contribution in [-0.2, 0) is 13.1 Å². The fraction of sp³-hybridized carbons (Fsp3) is 0.429. The van der Waals surface area contributed by atoms with E-state index in [0.717, 1.165) is 19.5 Å². The van der Waals surface area contributed by atoms with Crippen LogP contribution in [0.4, 0.5) is 0 Å². The normalized spacial score (nSPS) is 12.6. The van der Waals surface area contributed by atoms with Gasteiger partial charge in [-0.15, -0.1) is 0 Å². The molecule has 0 fully saturated rings. The average Bonchev–Trinajstić information content (AvgIpc) is 2.85. The van der Waals surface area contributed by atoms with Gasteiger partial charge in [-0.1, -0.05) is 13.0 Å². The van der Waals surface area contributed by atoms with E-state index in [4.69, 9.17) is 0 Å². The molecule has 4 nitrogen and oxygen atoms in total. The Balaban J connectivity index is 1.93. The highest BCUT2D eigenvalue weighted by molar-refractivity contribution is 5.13. The lowest BCUT2D eigenvalue weighted by Crippen LogP contribution is -2.20. The van der Waals surface area contributed by atoms with E-state index in [1.807, 2.05) is 18.5 Å². The van der Waals surface area contributed by atoms with Gasteiger partial charge in [-0.2, -0.15) is 5.10 Å². The van der Waals surface area contributed by atoms with Crippen LogP contribution in [0, 0.1) is 0 Å². The largest absolute Gasteiger partial charge is 0.305 e. The van der Waals surface area contributed by atoms with Crippen LogP contribution < -0.4 is 5.32 Å². The zero-order valence-electron chi connectivity index (χ0n) is 11.0. The third-order valence-corrected chi connectivity index (χ3v) is 3.01. The van der Waals surface area contributed by atoms with E-state index < -0.39 is 0 Å². The molecule has 2 rings (SSSR count). The molecule has 2 heterocycles. The molecular formula is C14H20N4. The first kappa shape index (κ1) is 12.8. The summed E-state index contributed by atoms with van der Waals surface area (Å²) in [5.74, 6) is 0. The van der Waals surface area contributed by atoms with Gasteiger partial charge in [-0.05, 0) is 31.0 Å². The Morgan fingerprint density at radius 1 is 1.33 bits per heavy atom. The topological polar surface area (TPSA) is 42.7 Å². The molecule has 0 saturated carbocycles. The Kier molecular flexibility index (Phi) is 4.47. The Morgan fingerprint density at radius 2 is 2.22 bits per heavy atom. The lowest BCUT2D eigenvalue weighted by molar-refractivity contribution is 0.516. The summed E-state index contributed by atoms with van der Waals surface area (Å²) in [6.45, 7) is 6.12. The van der Waals surface area contributed by atoms with Crippen molar-refractivity contribution in [2.45, 2.75) is 39.4 Å². The number of rotatable bonds is 6. The van der Waals surface area contributed by atoms with Gasteiger partial charge in [0.1, 0.15) is 0 Å². The van der Waals surface area contributed by atoms with Crippen molar-refractivity contribution in [2.75, 3.05) is 0 Å². The quantitative estimate of drug-likeness (QED) is 0.849. The Labute approximate surface area is 108 Å². The molecule has 0 saturated heterocycles. The summed E-state index contributed by atoms with van der Waals surface area (Å²) >= 11 is 0. The molecule has 18 heavy (non-hydrogen) atoms. The smallest absolute Gasteiger partial charge is 0.0522 e. The predicted octanol–water partition coefficient (Wildman–Crippen LogP) is 2.54. The monoisotopic (exact) mass is 244 g/mol. The van der Waals surface area contributed by atoms with Crippen molar-refractivity contribution >= 4 is 0 Å². The molecule has 0 bridgehead atoms. The van der Waals surface area contributed by atoms with Crippen molar-refractivity contribution in [3.8, 4) is 0 Å². The number of nitrogens with one attached hydrogen (secondary N) is 1. The van der Waals surface area contributed by atoms with Crippen molar-refractivity contribution in [1.82, 2.24) is 20.1 Å². The van der Waals surface area contributed by atoms with E-state index >= 15 is 0 Å². The summed E-state index contributed by atoms with van der Waals surface area (Å²) in [6.07, 6.45) is 6.67. The summed E-state index contributed by atoms with van der Waals surface area (Å²) in [4.78, 5) is 4.14. The molecule has 1 N–H and O–H groups in total. The molecular weight excluding hydrogens is 224 g/mol. The molecule has 0 aromatic carbocycles. The molecule has 2 aromatic heterocycles. The first-order valence-electron chi connectivity index (χ1n) is 6.45. The van der Waals surface area contributed by atoms with Gasteiger partial charge in [0.25, 0.3) is 0 Å². The molecule has 96 valence electrons. The summed E-state index contributed by atoms with van der Waals surface area (Å²) in [6, 6.07) is 6.42. The first-order chi connectivity index (χ1) is 8.81. The number of hydrogen-bond acceptors (Lipinski definition) is 3. The van der Waals surface area contributed by atoms with Gasteiger partial charge in [0.15, 0.2) is 0 Å². The molecule has 0 radical (unpaired) electrons. The van der Waals surface area contributed by atoms with Crippen LogP contribution in [-0.4, -0.2) is 14.8 Å². The van der Waals surface area contributed by atoms with E-state index in [0.29, 0.717) is 6.04 Å². The maximum atomic E-state index is 4.32. The van der Waals surface area contributed by atoms with Crippen LogP contribution in [0.25, 0.3) is 0 Å². The molecule has 4 heteroatoms. The van der Waals surface area contributed by atoms with E-state index in [2.05, 4.69) is 46.1 Å². The summed E-state index contributed by atoms with van der Waals surface area (Å²) < 4.78 is 2.06. The van der Waals surface area contributed by atoms with Crippen LogP contribution in [0.1, 0.15) is 37.6 Å². The third-order valence-electron chi connectivity index (χ3n) is 3.01. The lowest BCUT2D eigenvalue weighted by atomic mass is 10.1. The standard InChI is InChI=1S/C14H20N4/c1-3-9-18-14(6-8-17-18)11-16-12(2)13-5-4-7-15-10-13/h4-8,10,12,16H,3,9,11H2,1-2H3/t12-/m0/s1. The molecule has 0 aliphatic heterocycles. The van der Waals surface area contributed by atoms with Crippen molar-refractivity contribution in [1.29, 1.82) is 0 Å². The number of pyridine rings is 1. The summed E-state index contributed by atoms with van der Waals surface area (Å²) in [7, 11) is 0. The molecule has 0 amide bonds. The van der Waals surface area contributed by atoms with Crippen LogP contribution in [0.5, 0.6) is 0 Å². The zero-order chi connectivity index (χ0) is 12.8. The maximum Gasteiger partial charge on any atom is 0.0522 e. The van der Waals surface area contributed by atoms with E-state index in [1.54, 1.807) is 6.20 Å². The summed E-state index contributed by atoms with van der Waals surface area (Å²) in [5.41, 5.74) is 2.44. The second kappa shape index (κ2) is 6.31. The Morgan fingerprint density at radius 3 is 2.94 bits per heavy atom. The van der Waals surface area contributed by atoms with Gasteiger partial charge in [-0.25, -0.2) is 0 Å². The van der Waals surface area contributed by atoms with Crippen LogP contribution in [0.15, 0.2) is 36.8 Å². The number of aryl methyl sites for hydroxylation is 1. The van der Waals surface area contributed by atoms with Crippen molar-refractivity contribution in [2.24, 2.45) is 0 Å². The SMILES string of the molecule is CCCn1nccc1CN[C@@H](C)c1cccnc1. The van der Waals surface area contributed by atoms with E-state index in [1.165, 1.54) is 11.3 Å². The Hall–Kier alpha value is -1.68. The summed E-state index contributed by atoms with van der Waals surface area (Å²) in [5, 5.41) is 7.82. The van der Waals surface area contributed by atoms with Gasteiger partial charge in [0.2, 0.25) is 0 Å². The third kappa shape index (κ3) is 3.17. The minimum Gasteiger partial charge on any atom is -0.305 e. The highest BCUT2D eigenvalue weighted by atomic mass is 15.3. The Bertz CT molecular complexity index is 464. The number of aromatic nitrogens is 3. The van der Waals surface area contributed by atoms with Gasteiger partial charge < -0.3 is 5.32 Å². The van der Waals surface area contributed by atoms with Crippen LogP contribution in [0.2, 0.25) is 0 Å². The minimum atomic E-state index is 0.295. The predicted molar refractivity (Wildman–Crippen MR) is 72.0 cm³/mol. The van der Waals surface area contributed by atoms with Gasteiger partial charge in [0.05, 0.1) is 5.69 Å². The second-order valence-corrected chi connectivity index (χ2v) is 4.43. The van der Waals surface area contributed by atoms with Gasteiger partial charge in [0, 0.05) is 37.7 Å². The minimum absolute atomic E-state index is 0.295. The van der Waals surface area contributed by atoms with Crippen molar-refractivity contribution < 1.29 is 0 Å². The van der Waals surface area contributed by atoms with Crippen LogP contribution >= 0.6 is 0 Å². The highest BCUT2D eigenvalue weighted by Gasteiger charge is 2.06. The van der Waals surface area contributed by atoms with E-state index in [9.17, 15) is 0 Å². The molecule has 0 spiro atoms. The highest BCUT2D eigenvalue weighted by Crippen LogP contribution is 2.11. The van der Waals surface area contributed by atoms with Crippen molar-refractivity contribution in [3.63, 3.8) is 0 Å². The fourth-order valence-corrected chi connectivity index (χ4v) is 1.93. The average molecular weight is 244 g/mol. The molecule has 0 aliphatic rings.